The number of amides is 1. The molecule has 0 saturated carbocycles. The molecule has 0 spiro atoms. The maximum Gasteiger partial charge on any atom is 0.257 e. The van der Waals surface area contributed by atoms with E-state index < -0.39 is 79.2 Å². The lowest BCUT2D eigenvalue weighted by atomic mass is 9.89. The van der Waals surface area contributed by atoms with Crippen molar-refractivity contribution in [3.05, 3.63) is 99.5 Å². The number of carbonyl (C=O) groups is 1. The Kier molecular flexibility index (Phi) is 4.59. The topological polar surface area (TPSA) is 57.2 Å². The fourth-order valence-electron chi connectivity index (χ4n) is 5.08. The number of aliphatic imine (C=N–C) groups is 1. The Bertz CT molecular complexity index is 2020. The van der Waals surface area contributed by atoms with E-state index in [1.807, 2.05) is 0 Å². The number of nitrogens with zero attached hydrogens (tertiary/aromatic N) is 3. The summed E-state index contributed by atoms with van der Waals surface area (Å²) in [6.07, 6.45) is 1.05. The first kappa shape index (κ1) is 15.6. The highest BCUT2D eigenvalue weighted by Crippen LogP contribution is 2.28. The van der Waals surface area contributed by atoms with Crippen LogP contribution in [0.25, 0.3) is 0 Å². The second-order valence-electron chi connectivity index (χ2n) is 10.0. The van der Waals surface area contributed by atoms with Crippen molar-refractivity contribution in [2.24, 2.45) is 10.9 Å². The SMILES string of the molecule is [2H]c1cc(C(=O)NC2=NCc3ccc(Cc4cc(F)c([2H])c(F)c4)cc32)c(CC2CCOCC2)c([2H])c1N1C([2H])([2H])C([2H])([2H])N(C([2H])([2H])[2H])C([2H])([2H])C1([2H])[2H]. The van der Waals surface area contributed by atoms with Crippen molar-refractivity contribution in [2.45, 2.75) is 32.2 Å². The number of hydrogen-bond donors (Lipinski definition) is 1. The Morgan fingerprint density at radius 3 is 2.63 bits per heavy atom. The average Bonchev–Trinajstić information content (AvgIpc) is 3.46. The minimum absolute atomic E-state index is 0.0172. The third-order valence-corrected chi connectivity index (χ3v) is 7.14. The van der Waals surface area contributed by atoms with Crippen molar-refractivity contribution in [3.63, 3.8) is 0 Å². The molecule has 3 aromatic carbocycles. The van der Waals surface area contributed by atoms with Crippen LogP contribution >= 0.6 is 0 Å². The molecule has 0 unspecified atom stereocenters. The van der Waals surface area contributed by atoms with Gasteiger partial charge in [0.1, 0.15) is 17.5 Å². The largest absolute Gasteiger partial charge is 0.381 e. The monoisotopic (exact) mass is 572 g/mol. The number of hydrogen-bond acceptors (Lipinski definition) is 5. The number of halogens is 2. The van der Waals surface area contributed by atoms with Crippen molar-refractivity contribution in [2.75, 3.05) is 51.1 Å². The van der Waals surface area contributed by atoms with Gasteiger partial charge in [-0.15, -0.1) is 0 Å². The van der Waals surface area contributed by atoms with E-state index in [2.05, 4.69) is 10.3 Å². The van der Waals surface area contributed by atoms with Gasteiger partial charge in [-0.05, 0) is 97.2 Å². The van der Waals surface area contributed by atoms with E-state index in [4.69, 9.17) is 22.6 Å². The van der Waals surface area contributed by atoms with E-state index in [0.29, 0.717) is 42.7 Å². The van der Waals surface area contributed by atoms with E-state index in [0.717, 1.165) is 18.2 Å². The van der Waals surface area contributed by atoms with Crippen LogP contribution in [0, 0.1) is 17.6 Å². The Labute approximate surface area is 259 Å². The summed E-state index contributed by atoms with van der Waals surface area (Å²) in [6.45, 7) is -17.7. The number of rotatable bonds is 6. The maximum absolute atomic E-state index is 14.1. The van der Waals surface area contributed by atoms with Gasteiger partial charge in [0.05, 0.1) is 16.1 Å². The molecule has 3 aliphatic rings. The zero-order chi connectivity index (χ0) is 40.6. The minimum Gasteiger partial charge on any atom is -0.381 e. The molecule has 1 amide bonds. The fraction of sp³-hybridized carbons (Fsp3) is 0.394. The standard InChI is InChI=1S/C33H36F2N4O2/c1-38-8-10-39(11-9-38)29-4-5-30(26(19-29)15-22-6-12-41-13-7-22)33(40)37-32-31-18-23(2-3-25(31)21-36-32)14-24-16-27(34)20-28(35)17-24/h2-5,16-20,22H,6-15,21H2,1H3,(H,36,37,40)/i1D3,4D,8D2,9D2,10D2,11D2,19D,20D. The van der Waals surface area contributed by atoms with Gasteiger partial charge in [-0.25, -0.2) is 8.78 Å². The van der Waals surface area contributed by atoms with Gasteiger partial charge < -0.3 is 19.9 Å². The molecule has 41 heavy (non-hydrogen) atoms. The molecule has 8 heteroatoms. The van der Waals surface area contributed by atoms with Gasteiger partial charge in [0, 0.05) is 71.7 Å². The van der Waals surface area contributed by atoms with Gasteiger partial charge in [0.2, 0.25) is 0 Å². The minimum atomic E-state index is -3.75. The summed E-state index contributed by atoms with van der Waals surface area (Å²) in [5.41, 5.74) is 0.885. The summed E-state index contributed by atoms with van der Waals surface area (Å²) in [5.74, 6) is -2.96. The lowest BCUT2D eigenvalue weighted by Crippen LogP contribution is -2.44. The zero-order valence-corrected chi connectivity index (χ0v) is 21.9. The van der Waals surface area contributed by atoms with Crippen molar-refractivity contribution in [3.8, 4) is 0 Å². The summed E-state index contributed by atoms with van der Waals surface area (Å²) in [7, 11) is 0. The van der Waals surface area contributed by atoms with Crippen LogP contribution in [0.3, 0.4) is 0 Å². The lowest BCUT2D eigenvalue weighted by Gasteiger charge is -2.34. The number of benzene rings is 3. The summed E-state index contributed by atoms with van der Waals surface area (Å²) >= 11 is 0. The average molecular weight is 573 g/mol. The molecular formula is C33H36F2N4O2. The first-order valence-electron chi connectivity index (χ1n) is 20.1. The predicted octanol–water partition coefficient (Wildman–Crippen LogP) is 4.97. The highest BCUT2D eigenvalue weighted by molar-refractivity contribution is 6.14. The number of nitrogens with one attached hydrogen (secondary N) is 1. The Balaban J connectivity index is 1.41. The van der Waals surface area contributed by atoms with Crippen molar-refractivity contribution in [1.29, 1.82) is 0 Å². The number of anilines is 1. The summed E-state index contributed by atoms with van der Waals surface area (Å²) in [6, 6.07) is 5.78. The molecule has 3 aromatic rings. The number of likely N-dealkylation sites (N-methyl/N-ethyl adjacent to an activating group) is 1. The quantitative estimate of drug-likeness (QED) is 0.454. The van der Waals surface area contributed by atoms with E-state index in [1.54, 1.807) is 18.2 Å². The first-order chi connectivity index (χ1) is 25.4. The van der Waals surface area contributed by atoms with Crippen molar-refractivity contribution >= 4 is 17.4 Å². The molecule has 0 bridgehead atoms. The first-order valence-corrected chi connectivity index (χ1v) is 13.1. The van der Waals surface area contributed by atoms with Gasteiger partial charge in [-0.3, -0.25) is 9.79 Å². The van der Waals surface area contributed by atoms with Crippen LogP contribution in [0.4, 0.5) is 14.5 Å². The molecule has 1 N–H and O–H groups in total. The zero-order valence-electron chi connectivity index (χ0n) is 35.9. The Hall–Kier alpha value is -3.62. The molecular weight excluding hydrogens is 522 g/mol. The third kappa shape index (κ3) is 6.49. The number of amidine groups is 1. The van der Waals surface area contributed by atoms with Crippen LogP contribution in [0.1, 0.15) is 70.2 Å². The molecule has 0 atom stereocenters. The van der Waals surface area contributed by atoms with Crippen LogP contribution in [0.5, 0.6) is 0 Å². The molecule has 2 saturated heterocycles. The Morgan fingerprint density at radius 1 is 1.10 bits per heavy atom. The molecule has 3 aliphatic heterocycles. The second kappa shape index (κ2) is 12.1. The van der Waals surface area contributed by atoms with Crippen LogP contribution < -0.4 is 10.2 Å². The molecule has 3 heterocycles. The maximum atomic E-state index is 14.1. The van der Waals surface area contributed by atoms with Crippen LogP contribution in [-0.2, 0) is 24.1 Å². The number of fused-ring (bicyclic) bond motifs is 1. The predicted molar refractivity (Wildman–Crippen MR) is 157 cm³/mol. The second-order valence-corrected chi connectivity index (χ2v) is 10.0. The number of piperazine rings is 1. The van der Waals surface area contributed by atoms with Gasteiger partial charge in [0.25, 0.3) is 5.91 Å². The summed E-state index contributed by atoms with van der Waals surface area (Å²) in [4.78, 5) is 18.0. The van der Waals surface area contributed by atoms with Crippen LogP contribution in [-0.4, -0.2) is 62.8 Å². The molecule has 2 fully saturated rings. The van der Waals surface area contributed by atoms with E-state index >= 15 is 0 Å². The van der Waals surface area contributed by atoms with Crippen molar-refractivity contribution < 1.29 is 37.5 Å². The van der Waals surface area contributed by atoms with Gasteiger partial charge in [0.15, 0.2) is 0 Å². The van der Waals surface area contributed by atoms with Crippen LogP contribution in [0.2, 0.25) is 0 Å². The number of ether oxygens (including phenoxy) is 1. The summed E-state index contributed by atoms with van der Waals surface area (Å²) < 4.78 is 152. The normalized spacial score (nSPS) is 28.0. The van der Waals surface area contributed by atoms with E-state index in [9.17, 15) is 14.9 Å². The Morgan fingerprint density at radius 2 is 1.88 bits per heavy atom. The highest BCUT2D eigenvalue weighted by Gasteiger charge is 2.24. The van der Waals surface area contributed by atoms with Gasteiger partial charge in [-0.2, -0.15) is 0 Å². The molecule has 6 rings (SSSR count). The highest BCUT2D eigenvalue weighted by atomic mass is 19.1. The summed E-state index contributed by atoms with van der Waals surface area (Å²) in [5, 5.41) is 2.70. The van der Waals surface area contributed by atoms with Gasteiger partial charge >= 0.3 is 0 Å². The smallest absolute Gasteiger partial charge is 0.257 e. The fourth-order valence-corrected chi connectivity index (χ4v) is 5.08. The van der Waals surface area contributed by atoms with E-state index in [-0.39, 0.29) is 52.7 Å². The van der Waals surface area contributed by atoms with E-state index in [1.165, 1.54) is 0 Å². The van der Waals surface area contributed by atoms with Gasteiger partial charge in [-0.1, -0.05) is 12.1 Å². The molecule has 0 aliphatic carbocycles. The van der Waals surface area contributed by atoms with Crippen LogP contribution in [0.15, 0.2) is 59.5 Å². The number of carbonyl (C=O) groups excluding carboxylic acids is 1. The van der Waals surface area contributed by atoms with Crippen molar-refractivity contribution in [1.82, 2.24) is 10.2 Å². The third-order valence-electron chi connectivity index (χ3n) is 7.14. The molecule has 0 aromatic heterocycles. The molecule has 0 radical (unpaired) electrons. The molecule has 6 nitrogen and oxygen atoms in total. The lowest BCUT2D eigenvalue weighted by molar-refractivity contribution is 0.0664. The molecule has 214 valence electrons.